The second kappa shape index (κ2) is 2.42. The van der Waals surface area contributed by atoms with E-state index >= 15 is 0 Å². The molecule has 3 aliphatic rings. The molecule has 3 nitrogen and oxygen atoms in total. The number of rotatable bonds is 1. The fraction of sp³-hybridized carbons (Fsp3) is 0.889. The van der Waals surface area contributed by atoms with Crippen LogP contribution < -0.4 is 5.32 Å². The third-order valence-corrected chi connectivity index (χ3v) is 5.27. The van der Waals surface area contributed by atoms with E-state index in [4.69, 9.17) is 5.11 Å². The Morgan fingerprint density at radius 2 is 2.46 bits per heavy atom. The van der Waals surface area contributed by atoms with Crippen LogP contribution in [0.2, 0.25) is 0 Å². The first-order chi connectivity index (χ1) is 6.21. The highest BCUT2D eigenvalue weighted by Gasteiger charge is 2.61. The van der Waals surface area contributed by atoms with E-state index in [1.54, 1.807) is 0 Å². The van der Waals surface area contributed by atoms with Crippen molar-refractivity contribution >= 4 is 17.7 Å². The Balaban J connectivity index is 1.77. The highest BCUT2D eigenvalue weighted by molar-refractivity contribution is 8.01. The summed E-state index contributed by atoms with van der Waals surface area (Å²) in [6, 6.07) is -0.302. The molecule has 0 radical (unpaired) electrons. The van der Waals surface area contributed by atoms with Crippen LogP contribution in [0, 0.1) is 11.8 Å². The van der Waals surface area contributed by atoms with E-state index < -0.39 is 5.97 Å². The van der Waals surface area contributed by atoms with Gasteiger partial charge in [0.2, 0.25) is 0 Å². The summed E-state index contributed by atoms with van der Waals surface area (Å²) in [6.07, 6.45) is 3.81. The quantitative estimate of drug-likeness (QED) is 0.659. The van der Waals surface area contributed by atoms with Crippen LogP contribution in [0.3, 0.4) is 0 Å². The molecule has 2 N–H and O–H groups in total. The van der Waals surface area contributed by atoms with Crippen molar-refractivity contribution < 1.29 is 9.90 Å². The normalized spacial score (nSPS) is 52.5. The summed E-state index contributed by atoms with van der Waals surface area (Å²) in [6.45, 7) is 0. The zero-order valence-electron chi connectivity index (χ0n) is 7.32. The van der Waals surface area contributed by atoms with Gasteiger partial charge >= 0.3 is 5.97 Å². The van der Waals surface area contributed by atoms with Gasteiger partial charge < -0.3 is 5.11 Å². The van der Waals surface area contributed by atoms with Crippen LogP contribution in [0.1, 0.15) is 19.3 Å². The van der Waals surface area contributed by atoms with Crippen molar-refractivity contribution in [1.29, 1.82) is 0 Å². The topological polar surface area (TPSA) is 49.3 Å². The van der Waals surface area contributed by atoms with Crippen LogP contribution in [-0.4, -0.2) is 27.7 Å². The maximum Gasteiger partial charge on any atom is 0.321 e. The van der Waals surface area contributed by atoms with Crippen LogP contribution >= 0.6 is 11.8 Å². The molecule has 0 bridgehead atoms. The minimum atomic E-state index is -0.687. The van der Waals surface area contributed by atoms with Gasteiger partial charge in [-0.3, -0.25) is 10.1 Å². The molecule has 0 aromatic rings. The molecule has 1 heterocycles. The van der Waals surface area contributed by atoms with Gasteiger partial charge in [0.25, 0.3) is 0 Å². The van der Waals surface area contributed by atoms with Crippen LogP contribution in [0.4, 0.5) is 0 Å². The summed E-state index contributed by atoms with van der Waals surface area (Å²) in [7, 11) is 0. The molecular weight excluding hydrogens is 186 g/mol. The fourth-order valence-corrected chi connectivity index (χ4v) is 4.51. The highest BCUT2D eigenvalue weighted by atomic mass is 32.2. The molecule has 4 atom stereocenters. The number of carboxylic acids is 1. The van der Waals surface area contributed by atoms with Crippen LogP contribution in [0.5, 0.6) is 0 Å². The van der Waals surface area contributed by atoms with Gasteiger partial charge in [-0.25, -0.2) is 0 Å². The third kappa shape index (κ3) is 1.05. The Hall–Kier alpha value is -0.220. The van der Waals surface area contributed by atoms with E-state index in [0.29, 0.717) is 0 Å². The first-order valence-corrected chi connectivity index (χ1v) is 5.84. The SMILES string of the molecule is O=C(O)[C@@H]1CSC2(CCC3CC32)N1. The van der Waals surface area contributed by atoms with Gasteiger partial charge in [0.15, 0.2) is 0 Å². The Morgan fingerprint density at radius 3 is 2.92 bits per heavy atom. The number of thioether (sulfide) groups is 1. The average Bonchev–Trinajstić information content (AvgIpc) is 2.66. The molecular formula is C9H13NO2S. The van der Waals surface area contributed by atoms with Crippen molar-refractivity contribution in [3.63, 3.8) is 0 Å². The van der Waals surface area contributed by atoms with Crippen LogP contribution in [0.25, 0.3) is 0 Å². The Morgan fingerprint density at radius 1 is 1.62 bits per heavy atom. The van der Waals surface area contributed by atoms with Gasteiger partial charge in [-0.15, -0.1) is 11.8 Å². The number of carbonyl (C=O) groups is 1. The standard InChI is InChI=1S/C9H13NO2S/c11-8(12)7-4-13-9(10-7)2-1-5-3-6(5)9/h5-7,10H,1-4H2,(H,11,12)/t5?,6?,7-,9?/m0/s1. The highest BCUT2D eigenvalue weighted by Crippen LogP contribution is 2.63. The average molecular weight is 199 g/mol. The minimum absolute atomic E-state index is 0.160. The Labute approximate surface area is 81.3 Å². The number of aliphatic carboxylic acids is 1. The first-order valence-electron chi connectivity index (χ1n) is 4.86. The van der Waals surface area contributed by atoms with Gasteiger partial charge in [0.05, 0.1) is 4.87 Å². The van der Waals surface area contributed by atoms with E-state index in [9.17, 15) is 4.79 Å². The van der Waals surface area contributed by atoms with E-state index in [0.717, 1.165) is 17.6 Å². The van der Waals surface area contributed by atoms with Crippen molar-refractivity contribution in [3.8, 4) is 0 Å². The lowest BCUT2D eigenvalue weighted by atomic mass is 10.1. The number of hydrogen-bond acceptors (Lipinski definition) is 3. The molecule has 0 amide bonds. The van der Waals surface area contributed by atoms with Crippen LogP contribution in [-0.2, 0) is 4.79 Å². The monoisotopic (exact) mass is 199 g/mol. The lowest BCUT2D eigenvalue weighted by Gasteiger charge is -2.25. The minimum Gasteiger partial charge on any atom is -0.480 e. The zero-order valence-corrected chi connectivity index (χ0v) is 8.14. The molecule has 4 heteroatoms. The lowest BCUT2D eigenvalue weighted by molar-refractivity contribution is -0.138. The maximum atomic E-state index is 10.8. The second-order valence-electron chi connectivity index (χ2n) is 4.38. The lowest BCUT2D eigenvalue weighted by Crippen LogP contribution is -2.45. The molecule has 72 valence electrons. The van der Waals surface area contributed by atoms with Crippen molar-refractivity contribution in [2.45, 2.75) is 30.2 Å². The molecule has 13 heavy (non-hydrogen) atoms. The van der Waals surface area contributed by atoms with Gasteiger partial charge in [-0.2, -0.15) is 0 Å². The molecule has 1 saturated heterocycles. The second-order valence-corrected chi connectivity index (χ2v) is 5.73. The molecule has 1 aliphatic heterocycles. The van der Waals surface area contributed by atoms with E-state index in [1.807, 2.05) is 11.8 Å². The smallest absolute Gasteiger partial charge is 0.321 e. The molecule has 3 rings (SSSR count). The zero-order chi connectivity index (χ0) is 9.05. The Kier molecular flexibility index (Phi) is 1.51. The van der Waals surface area contributed by atoms with Crippen molar-refractivity contribution in [3.05, 3.63) is 0 Å². The van der Waals surface area contributed by atoms with Crippen LogP contribution in [0.15, 0.2) is 0 Å². The number of carboxylic acid groups (broad SMARTS) is 1. The summed E-state index contributed by atoms with van der Waals surface area (Å²) in [5.74, 6) is 1.75. The molecule has 0 aromatic heterocycles. The molecule has 0 aromatic carbocycles. The van der Waals surface area contributed by atoms with E-state index in [2.05, 4.69) is 5.32 Å². The first kappa shape index (κ1) is 8.12. The molecule has 2 aliphatic carbocycles. The Bertz CT molecular complexity index is 270. The van der Waals surface area contributed by atoms with Crippen molar-refractivity contribution in [2.75, 3.05) is 5.75 Å². The molecule has 3 fully saturated rings. The van der Waals surface area contributed by atoms with Crippen molar-refractivity contribution in [2.24, 2.45) is 11.8 Å². The number of fused-ring (bicyclic) bond motifs is 2. The predicted octanol–water partition coefficient (Wildman–Crippen LogP) is 0.902. The summed E-state index contributed by atoms with van der Waals surface area (Å²) < 4.78 is 0. The number of hydrogen-bond donors (Lipinski definition) is 2. The summed E-state index contributed by atoms with van der Waals surface area (Å²) in [5.41, 5.74) is 0. The summed E-state index contributed by atoms with van der Waals surface area (Å²) >= 11 is 1.85. The van der Waals surface area contributed by atoms with Gasteiger partial charge in [-0.1, -0.05) is 0 Å². The van der Waals surface area contributed by atoms with Gasteiger partial charge in [0.1, 0.15) is 6.04 Å². The van der Waals surface area contributed by atoms with Crippen molar-refractivity contribution in [1.82, 2.24) is 5.32 Å². The van der Waals surface area contributed by atoms with E-state index in [-0.39, 0.29) is 10.9 Å². The molecule has 2 saturated carbocycles. The number of nitrogens with one attached hydrogen (secondary N) is 1. The van der Waals surface area contributed by atoms with E-state index in [1.165, 1.54) is 19.3 Å². The predicted molar refractivity (Wildman–Crippen MR) is 50.6 cm³/mol. The summed E-state index contributed by atoms with van der Waals surface area (Å²) in [4.78, 5) is 10.9. The third-order valence-electron chi connectivity index (χ3n) is 3.63. The largest absolute Gasteiger partial charge is 0.480 e. The van der Waals surface area contributed by atoms with Gasteiger partial charge in [-0.05, 0) is 31.1 Å². The molecule has 3 unspecified atom stereocenters. The maximum absolute atomic E-state index is 10.8. The fourth-order valence-electron chi connectivity index (χ4n) is 2.82. The molecule has 1 spiro atoms. The van der Waals surface area contributed by atoms with Gasteiger partial charge in [0, 0.05) is 5.75 Å². The summed E-state index contributed by atoms with van der Waals surface area (Å²) in [5, 5.41) is 12.2.